The van der Waals surface area contributed by atoms with Crippen molar-refractivity contribution in [3.63, 3.8) is 0 Å². The van der Waals surface area contributed by atoms with Crippen LogP contribution in [-0.2, 0) is 20.1 Å². The van der Waals surface area contributed by atoms with Crippen LogP contribution in [0, 0.1) is 17.2 Å². The van der Waals surface area contributed by atoms with Crippen molar-refractivity contribution in [2.45, 2.75) is 11.7 Å². The van der Waals surface area contributed by atoms with E-state index in [4.69, 9.17) is 9.47 Å². The van der Waals surface area contributed by atoms with Gasteiger partial charge in [-0.1, -0.05) is 48.5 Å². The van der Waals surface area contributed by atoms with E-state index in [1.165, 1.54) is 26.0 Å². The van der Waals surface area contributed by atoms with E-state index in [1.54, 1.807) is 24.3 Å². The molecule has 2 aromatic carbocycles. The standard InChI is InChI=1S/C22H20N2O4S/c1-27-17-11-7-6-10-15(17)18-16(12-23)21(24-20(25)19(18)22(26)28-2)29-13-14-8-4-3-5-9-14/h3-11,18-19H,13H2,1-2H3,(H,24,25). The minimum absolute atomic E-state index is 0.311. The molecule has 0 saturated carbocycles. The Hall–Kier alpha value is -3.24. The number of hydrogen-bond donors (Lipinski definition) is 1. The van der Waals surface area contributed by atoms with Crippen LogP contribution in [-0.4, -0.2) is 26.1 Å². The van der Waals surface area contributed by atoms with Crippen molar-refractivity contribution in [3.05, 3.63) is 76.3 Å². The van der Waals surface area contributed by atoms with E-state index in [9.17, 15) is 14.9 Å². The normalized spacial score (nSPS) is 18.6. The molecular formula is C22H20N2O4S. The van der Waals surface area contributed by atoms with Crippen LogP contribution >= 0.6 is 11.8 Å². The van der Waals surface area contributed by atoms with Crippen LogP contribution in [0.3, 0.4) is 0 Å². The number of hydrogen-bond acceptors (Lipinski definition) is 6. The summed E-state index contributed by atoms with van der Waals surface area (Å²) in [6.07, 6.45) is 0. The molecule has 0 fully saturated rings. The zero-order chi connectivity index (χ0) is 20.8. The number of thioether (sulfide) groups is 1. The second-order valence-electron chi connectivity index (χ2n) is 6.34. The number of carbonyl (C=O) groups is 2. The van der Waals surface area contributed by atoms with Gasteiger partial charge in [-0.25, -0.2) is 0 Å². The lowest BCUT2D eigenvalue weighted by Gasteiger charge is -2.31. The Morgan fingerprint density at radius 3 is 2.48 bits per heavy atom. The Morgan fingerprint density at radius 1 is 1.14 bits per heavy atom. The van der Waals surface area contributed by atoms with Crippen molar-refractivity contribution in [1.29, 1.82) is 5.26 Å². The minimum atomic E-state index is -1.17. The van der Waals surface area contributed by atoms with Crippen LogP contribution < -0.4 is 10.1 Å². The molecule has 1 heterocycles. The Morgan fingerprint density at radius 2 is 1.83 bits per heavy atom. The highest BCUT2D eigenvalue weighted by Gasteiger charge is 2.45. The van der Waals surface area contributed by atoms with Gasteiger partial charge in [-0.3, -0.25) is 9.59 Å². The number of esters is 1. The minimum Gasteiger partial charge on any atom is -0.496 e. The van der Waals surface area contributed by atoms with Gasteiger partial charge in [0.15, 0.2) is 0 Å². The van der Waals surface area contributed by atoms with Gasteiger partial charge in [-0.15, -0.1) is 11.8 Å². The molecule has 0 aromatic heterocycles. The van der Waals surface area contributed by atoms with Gasteiger partial charge in [-0.2, -0.15) is 5.26 Å². The molecule has 2 unspecified atom stereocenters. The van der Waals surface area contributed by atoms with E-state index >= 15 is 0 Å². The average molecular weight is 408 g/mol. The predicted octanol–water partition coefficient (Wildman–Crippen LogP) is 3.37. The zero-order valence-electron chi connectivity index (χ0n) is 16.0. The van der Waals surface area contributed by atoms with Crippen molar-refractivity contribution >= 4 is 23.6 Å². The number of nitrogens with one attached hydrogen (secondary N) is 1. The van der Waals surface area contributed by atoms with Crippen molar-refractivity contribution in [3.8, 4) is 11.8 Å². The first kappa shape index (κ1) is 20.5. The molecule has 6 nitrogen and oxygen atoms in total. The summed E-state index contributed by atoms with van der Waals surface area (Å²) in [6, 6.07) is 19.0. The number of para-hydroxylation sites is 1. The summed E-state index contributed by atoms with van der Waals surface area (Å²) >= 11 is 1.35. The Bertz CT molecular complexity index is 982. The molecular weight excluding hydrogens is 388 g/mol. The molecule has 1 aliphatic heterocycles. The van der Waals surface area contributed by atoms with E-state index in [-0.39, 0.29) is 0 Å². The first-order valence-corrected chi connectivity index (χ1v) is 9.91. The number of nitriles is 1. The molecule has 0 saturated heterocycles. The van der Waals surface area contributed by atoms with Gasteiger partial charge in [0.25, 0.3) is 0 Å². The van der Waals surface area contributed by atoms with Gasteiger partial charge in [-0.05, 0) is 11.6 Å². The topological polar surface area (TPSA) is 88.4 Å². The first-order chi connectivity index (χ1) is 14.1. The molecule has 2 aromatic rings. The monoisotopic (exact) mass is 408 g/mol. The SMILES string of the molecule is COC(=O)C1C(=O)NC(SCc2ccccc2)=C(C#N)C1c1ccccc1OC. The van der Waals surface area contributed by atoms with E-state index in [0.717, 1.165) is 5.56 Å². The molecule has 7 heteroatoms. The summed E-state index contributed by atoms with van der Waals surface area (Å²) in [5.74, 6) is -2.09. The quantitative estimate of drug-likeness (QED) is 0.582. The summed E-state index contributed by atoms with van der Waals surface area (Å²) in [5, 5.41) is 13.1. The molecule has 0 bridgehead atoms. The number of ether oxygens (including phenoxy) is 2. The maximum absolute atomic E-state index is 12.9. The van der Waals surface area contributed by atoms with Crippen LogP contribution in [0.15, 0.2) is 65.2 Å². The number of rotatable bonds is 6. The van der Waals surface area contributed by atoms with E-state index < -0.39 is 23.7 Å². The summed E-state index contributed by atoms with van der Waals surface area (Å²) in [5.41, 5.74) is 1.96. The van der Waals surface area contributed by atoms with Crippen molar-refractivity contribution < 1.29 is 19.1 Å². The van der Waals surface area contributed by atoms with Crippen LogP contribution in [0.4, 0.5) is 0 Å². The van der Waals surface area contributed by atoms with Crippen LogP contribution in [0.2, 0.25) is 0 Å². The molecule has 29 heavy (non-hydrogen) atoms. The van der Waals surface area contributed by atoms with Gasteiger partial charge in [0.1, 0.15) is 11.7 Å². The number of benzene rings is 2. The van der Waals surface area contributed by atoms with Crippen molar-refractivity contribution in [2.24, 2.45) is 5.92 Å². The van der Waals surface area contributed by atoms with Gasteiger partial charge < -0.3 is 14.8 Å². The molecule has 1 N–H and O–H groups in total. The van der Waals surface area contributed by atoms with Crippen molar-refractivity contribution in [2.75, 3.05) is 14.2 Å². The maximum atomic E-state index is 12.9. The number of allylic oxidation sites excluding steroid dienone is 1. The molecule has 1 aliphatic rings. The van der Waals surface area contributed by atoms with Crippen LogP contribution in [0.1, 0.15) is 17.0 Å². The molecule has 2 atom stereocenters. The van der Waals surface area contributed by atoms with E-state index in [1.807, 2.05) is 30.3 Å². The predicted molar refractivity (Wildman–Crippen MR) is 110 cm³/mol. The fraction of sp³-hybridized carbons (Fsp3) is 0.227. The maximum Gasteiger partial charge on any atom is 0.319 e. The molecule has 0 aliphatic carbocycles. The average Bonchev–Trinajstić information content (AvgIpc) is 2.77. The molecule has 3 rings (SSSR count). The Labute approximate surface area is 173 Å². The second kappa shape index (κ2) is 9.30. The van der Waals surface area contributed by atoms with Gasteiger partial charge in [0.2, 0.25) is 5.91 Å². The Kier molecular flexibility index (Phi) is 6.57. The van der Waals surface area contributed by atoms with Gasteiger partial charge >= 0.3 is 5.97 Å². The second-order valence-corrected chi connectivity index (χ2v) is 7.32. The first-order valence-electron chi connectivity index (χ1n) is 8.93. The molecule has 1 amide bonds. The number of nitrogens with zero attached hydrogens (tertiary/aromatic N) is 1. The smallest absolute Gasteiger partial charge is 0.319 e. The third-order valence-corrected chi connectivity index (χ3v) is 5.77. The summed E-state index contributed by atoms with van der Waals surface area (Å²) in [4.78, 5) is 25.3. The third kappa shape index (κ3) is 4.28. The molecule has 148 valence electrons. The van der Waals surface area contributed by atoms with Crippen LogP contribution in [0.25, 0.3) is 0 Å². The highest BCUT2D eigenvalue weighted by molar-refractivity contribution is 8.02. The summed E-state index contributed by atoms with van der Waals surface area (Å²) in [7, 11) is 2.74. The highest BCUT2D eigenvalue weighted by Crippen LogP contribution is 2.43. The van der Waals surface area contributed by atoms with Gasteiger partial charge in [0.05, 0.1) is 30.9 Å². The van der Waals surface area contributed by atoms with Crippen molar-refractivity contribution in [1.82, 2.24) is 5.32 Å². The number of methoxy groups -OCH3 is 2. The zero-order valence-corrected chi connectivity index (χ0v) is 16.9. The summed E-state index contributed by atoms with van der Waals surface area (Å²) < 4.78 is 10.3. The fourth-order valence-electron chi connectivity index (χ4n) is 3.31. The fourth-order valence-corrected chi connectivity index (χ4v) is 4.31. The number of carbonyl (C=O) groups excluding carboxylic acids is 2. The lowest BCUT2D eigenvalue weighted by molar-refractivity contribution is -0.150. The van der Waals surface area contributed by atoms with Crippen LogP contribution in [0.5, 0.6) is 5.75 Å². The number of amides is 1. The van der Waals surface area contributed by atoms with Gasteiger partial charge in [0, 0.05) is 17.2 Å². The molecule has 0 spiro atoms. The van der Waals surface area contributed by atoms with E-state index in [2.05, 4.69) is 11.4 Å². The lowest BCUT2D eigenvalue weighted by Crippen LogP contribution is -2.44. The highest BCUT2D eigenvalue weighted by atomic mass is 32.2. The Balaban J connectivity index is 2.08. The summed E-state index contributed by atoms with van der Waals surface area (Å²) in [6.45, 7) is 0. The largest absolute Gasteiger partial charge is 0.496 e. The van der Waals surface area contributed by atoms with E-state index in [0.29, 0.717) is 27.7 Å². The lowest BCUT2D eigenvalue weighted by atomic mass is 9.78. The third-order valence-electron chi connectivity index (χ3n) is 4.68. The molecule has 0 radical (unpaired) electrons.